The van der Waals surface area contributed by atoms with Crippen molar-refractivity contribution in [2.45, 2.75) is 12.6 Å². The maximum atomic E-state index is 8.32. The molecule has 4 heteroatoms. The minimum absolute atomic E-state index is 0.458. The molecule has 1 unspecified atom stereocenters. The van der Waals surface area contributed by atoms with Crippen LogP contribution in [0, 0.1) is 11.3 Å². The van der Waals surface area contributed by atoms with Crippen LogP contribution in [0.2, 0.25) is 0 Å². The van der Waals surface area contributed by atoms with E-state index in [1.807, 2.05) is 6.07 Å². The van der Waals surface area contributed by atoms with Crippen LogP contribution in [0.1, 0.15) is 0 Å². The molecule has 0 saturated carbocycles. The molecule has 0 saturated heterocycles. The average molecular weight is 136 g/mol. The predicted molar refractivity (Wildman–Crippen MR) is 35.8 cm³/mol. The minimum atomic E-state index is -0.458. The van der Waals surface area contributed by atoms with Crippen LogP contribution >= 0.6 is 0 Å². The highest BCUT2D eigenvalue weighted by Crippen LogP contribution is 1.86. The van der Waals surface area contributed by atoms with E-state index in [-0.39, 0.29) is 0 Å². The first-order valence-corrected chi connectivity index (χ1v) is 2.95. The van der Waals surface area contributed by atoms with Crippen molar-refractivity contribution in [2.24, 2.45) is 5.73 Å². The van der Waals surface area contributed by atoms with E-state index < -0.39 is 6.04 Å². The van der Waals surface area contributed by atoms with Crippen molar-refractivity contribution in [3.63, 3.8) is 0 Å². The number of hydrogen-bond acceptors (Lipinski definition) is 3. The molecule has 1 heterocycles. The second-order valence-electron chi connectivity index (χ2n) is 1.96. The van der Waals surface area contributed by atoms with Crippen LogP contribution in [0.3, 0.4) is 0 Å². The number of nitriles is 1. The lowest BCUT2D eigenvalue weighted by atomic mass is 10.3. The molecule has 0 aliphatic carbocycles. The maximum absolute atomic E-state index is 8.32. The molecule has 0 fully saturated rings. The largest absolute Gasteiger partial charge is 0.314 e. The van der Waals surface area contributed by atoms with Gasteiger partial charge < -0.3 is 5.73 Å². The van der Waals surface area contributed by atoms with Crippen molar-refractivity contribution in [1.82, 2.24) is 9.78 Å². The first-order valence-electron chi connectivity index (χ1n) is 2.95. The summed E-state index contributed by atoms with van der Waals surface area (Å²) in [6, 6.07) is 3.26. The minimum Gasteiger partial charge on any atom is -0.314 e. The zero-order chi connectivity index (χ0) is 7.40. The Morgan fingerprint density at radius 2 is 2.60 bits per heavy atom. The Hall–Kier alpha value is -1.34. The lowest BCUT2D eigenvalue weighted by Crippen LogP contribution is -2.24. The normalized spacial score (nSPS) is 12.4. The van der Waals surface area contributed by atoms with E-state index in [2.05, 4.69) is 5.10 Å². The number of nitrogens with two attached hydrogens (primary N) is 1. The smallest absolute Gasteiger partial charge is 0.113 e. The number of aromatic nitrogens is 2. The molecule has 0 radical (unpaired) electrons. The van der Waals surface area contributed by atoms with Crippen LogP contribution in [0.4, 0.5) is 0 Å². The Balaban J connectivity index is 2.50. The quantitative estimate of drug-likeness (QED) is 0.608. The standard InChI is InChI=1S/C6H8N4/c7-4-6(8)5-10-3-1-2-9-10/h1-3,6H,5,8H2. The van der Waals surface area contributed by atoms with Crippen LogP contribution in [-0.4, -0.2) is 15.8 Å². The highest BCUT2D eigenvalue weighted by Gasteiger charge is 1.98. The van der Waals surface area contributed by atoms with Gasteiger partial charge >= 0.3 is 0 Å². The van der Waals surface area contributed by atoms with Crippen LogP contribution in [0.25, 0.3) is 0 Å². The van der Waals surface area contributed by atoms with Crippen molar-refractivity contribution in [3.8, 4) is 6.07 Å². The second-order valence-corrected chi connectivity index (χ2v) is 1.96. The van der Waals surface area contributed by atoms with Gasteiger partial charge in [0.05, 0.1) is 12.6 Å². The summed E-state index contributed by atoms with van der Waals surface area (Å²) in [7, 11) is 0. The van der Waals surface area contributed by atoms with Gasteiger partial charge in [-0.25, -0.2) is 0 Å². The number of hydrogen-bond donors (Lipinski definition) is 1. The summed E-state index contributed by atoms with van der Waals surface area (Å²) in [6.07, 6.45) is 3.43. The van der Waals surface area contributed by atoms with Gasteiger partial charge in [0.15, 0.2) is 0 Å². The summed E-state index contributed by atoms with van der Waals surface area (Å²) < 4.78 is 1.63. The van der Waals surface area contributed by atoms with Gasteiger partial charge in [-0.15, -0.1) is 0 Å². The summed E-state index contributed by atoms with van der Waals surface area (Å²) in [6.45, 7) is 0.462. The first kappa shape index (κ1) is 6.78. The molecule has 0 amide bonds. The molecule has 1 aromatic heterocycles. The molecule has 1 rings (SSSR count). The fraction of sp³-hybridized carbons (Fsp3) is 0.333. The van der Waals surface area contributed by atoms with Crippen molar-refractivity contribution in [2.75, 3.05) is 0 Å². The summed E-state index contributed by atoms with van der Waals surface area (Å²) in [4.78, 5) is 0. The van der Waals surface area contributed by atoms with Gasteiger partial charge in [0, 0.05) is 12.4 Å². The van der Waals surface area contributed by atoms with Crippen molar-refractivity contribution in [1.29, 1.82) is 5.26 Å². The van der Waals surface area contributed by atoms with Gasteiger partial charge in [-0.05, 0) is 6.07 Å². The maximum Gasteiger partial charge on any atom is 0.113 e. The summed E-state index contributed by atoms with van der Waals surface area (Å²) in [5.41, 5.74) is 5.34. The fourth-order valence-corrected chi connectivity index (χ4v) is 0.651. The molecule has 10 heavy (non-hydrogen) atoms. The molecule has 0 aliphatic rings. The van der Waals surface area contributed by atoms with Crippen molar-refractivity contribution < 1.29 is 0 Å². The first-order chi connectivity index (χ1) is 4.83. The Kier molecular flexibility index (Phi) is 2.03. The van der Waals surface area contributed by atoms with Gasteiger partial charge in [-0.1, -0.05) is 0 Å². The van der Waals surface area contributed by atoms with Gasteiger partial charge in [0.1, 0.15) is 6.04 Å². The number of nitrogens with zero attached hydrogens (tertiary/aromatic N) is 3. The van der Waals surface area contributed by atoms with E-state index in [1.165, 1.54) is 0 Å². The molecular weight excluding hydrogens is 128 g/mol. The fourth-order valence-electron chi connectivity index (χ4n) is 0.651. The third-order valence-electron chi connectivity index (χ3n) is 1.11. The molecule has 0 spiro atoms. The summed E-state index contributed by atoms with van der Waals surface area (Å²) >= 11 is 0. The zero-order valence-corrected chi connectivity index (χ0v) is 5.44. The Labute approximate surface area is 58.9 Å². The molecule has 0 aliphatic heterocycles. The van der Waals surface area contributed by atoms with Crippen molar-refractivity contribution in [3.05, 3.63) is 18.5 Å². The van der Waals surface area contributed by atoms with Crippen LogP contribution in [-0.2, 0) is 6.54 Å². The van der Waals surface area contributed by atoms with Crippen LogP contribution in [0.15, 0.2) is 18.5 Å². The molecule has 0 bridgehead atoms. The van der Waals surface area contributed by atoms with E-state index >= 15 is 0 Å². The predicted octanol–water partition coefficient (Wildman–Crippen LogP) is -0.266. The zero-order valence-electron chi connectivity index (χ0n) is 5.44. The average Bonchev–Trinajstić information content (AvgIpc) is 2.40. The monoisotopic (exact) mass is 136 g/mol. The molecule has 1 atom stereocenters. The van der Waals surface area contributed by atoms with E-state index in [1.54, 1.807) is 23.1 Å². The van der Waals surface area contributed by atoms with Crippen LogP contribution < -0.4 is 5.73 Å². The van der Waals surface area contributed by atoms with Gasteiger partial charge in [-0.2, -0.15) is 10.4 Å². The van der Waals surface area contributed by atoms with Crippen LogP contribution in [0.5, 0.6) is 0 Å². The molecule has 52 valence electrons. The summed E-state index contributed by atoms with van der Waals surface area (Å²) in [5.74, 6) is 0. The Bertz CT molecular complexity index is 220. The lowest BCUT2D eigenvalue weighted by Gasteiger charge is -2.00. The van der Waals surface area contributed by atoms with Gasteiger partial charge in [0.25, 0.3) is 0 Å². The molecule has 1 aromatic rings. The SMILES string of the molecule is N#CC(N)Cn1cccn1. The van der Waals surface area contributed by atoms with Gasteiger partial charge in [-0.3, -0.25) is 4.68 Å². The highest BCUT2D eigenvalue weighted by atomic mass is 15.3. The molecule has 2 N–H and O–H groups in total. The topological polar surface area (TPSA) is 67.6 Å². The van der Waals surface area contributed by atoms with E-state index in [4.69, 9.17) is 11.0 Å². The van der Waals surface area contributed by atoms with E-state index in [9.17, 15) is 0 Å². The second kappa shape index (κ2) is 2.99. The molecule has 4 nitrogen and oxygen atoms in total. The highest BCUT2D eigenvalue weighted by molar-refractivity contribution is 4.88. The molecular formula is C6H8N4. The lowest BCUT2D eigenvalue weighted by molar-refractivity contribution is 0.574. The van der Waals surface area contributed by atoms with Gasteiger partial charge in [0.2, 0.25) is 0 Å². The molecule has 0 aromatic carbocycles. The number of rotatable bonds is 2. The van der Waals surface area contributed by atoms with Crippen molar-refractivity contribution >= 4 is 0 Å². The Morgan fingerprint density at radius 1 is 1.80 bits per heavy atom. The third-order valence-corrected chi connectivity index (χ3v) is 1.11. The van der Waals surface area contributed by atoms with E-state index in [0.717, 1.165) is 0 Å². The third kappa shape index (κ3) is 1.57. The van der Waals surface area contributed by atoms with E-state index in [0.29, 0.717) is 6.54 Å². The summed E-state index contributed by atoms with van der Waals surface area (Å²) in [5, 5.41) is 12.2. The Morgan fingerprint density at radius 3 is 3.10 bits per heavy atom.